The Kier molecular flexibility index (Phi) is 5.39. The maximum absolute atomic E-state index is 6.27. The van der Waals surface area contributed by atoms with Gasteiger partial charge in [0.25, 0.3) is 0 Å². The second-order valence-electron chi connectivity index (χ2n) is 4.58. The first kappa shape index (κ1) is 14.8. The van der Waals surface area contributed by atoms with Crippen LogP contribution in [0.15, 0.2) is 42.6 Å². The van der Waals surface area contributed by atoms with Gasteiger partial charge in [0.2, 0.25) is 0 Å². The first-order chi connectivity index (χ1) is 9.70. The van der Waals surface area contributed by atoms with E-state index < -0.39 is 0 Å². The number of hydrogen-bond acceptors (Lipinski definition) is 3. The fraction of sp³-hybridized carbons (Fsp3) is 0.312. The molecule has 3 nitrogen and oxygen atoms in total. The minimum absolute atomic E-state index is 0.280. The highest BCUT2D eigenvalue weighted by Gasteiger charge is 2.08. The van der Waals surface area contributed by atoms with E-state index in [1.807, 2.05) is 36.4 Å². The Morgan fingerprint density at radius 1 is 1.30 bits per heavy atom. The van der Waals surface area contributed by atoms with Crippen molar-refractivity contribution < 1.29 is 4.74 Å². The summed E-state index contributed by atoms with van der Waals surface area (Å²) in [5.74, 6) is 0.685. The summed E-state index contributed by atoms with van der Waals surface area (Å²) in [6.45, 7) is 5.55. The van der Waals surface area contributed by atoms with Gasteiger partial charge in [-0.3, -0.25) is 4.98 Å². The summed E-state index contributed by atoms with van der Waals surface area (Å²) in [6, 6.07) is 11.9. The minimum atomic E-state index is 0.280. The van der Waals surface area contributed by atoms with E-state index in [9.17, 15) is 0 Å². The molecule has 0 spiro atoms. The van der Waals surface area contributed by atoms with Crippen LogP contribution in [0.3, 0.4) is 0 Å². The zero-order valence-corrected chi connectivity index (χ0v) is 12.5. The summed E-state index contributed by atoms with van der Waals surface area (Å²) < 4.78 is 5.70. The number of benzene rings is 1. The van der Waals surface area contributed by atoms with Gasteiger partial charge in [-0.05, 0) is 43.3 Å². The number of nitrogens with one attached hydrogen (secondary N) is 1. The Hall–Kier alpha value is -1.58. The fourth-order valence-corrected chi connectivity index (χ4v) is 2.21. The number of hydrogen-bond donors (Lipinski definition) is 1. The van der Waals surface area contributed by atoms with Crippen LogP contribution < -0.4 is 10.1 Å². The standard InChI is InChI=1S/C16H19ClN2O/c1-3-18-12(2)13-7-8-16(15(17)10-13)20-11-14-6-4-5-9-19-14/h4-10,12,18H,3,11H2,1-2H3. The lowest BCUT2D eigenvalue weighted by atomic mass is 10.1. The third-order valence-corrected chi connectivity index (χ3v) is 3.36. The normalized spacial score (nSPS) is 12.2. The monoisotopic (exact) mass is 290 g/mol. The maximum atomic E-state index is 6.27. The molecule has 2 aromatic rings. The smallest absolute Gasteiger partial charge is 0.138 e. The van der Waals surface area contributed by atoms with Crippen LogP contribution in [0.25, 0.3) is 0 Å². The molecular formula is C16H19ClN2O. The second-order valence-corrected chi connectivity index (χ2v) is 4.99. The van der Waals surface area contributed by atoms with Gasteiger partial charge in [-0.25, -0.2) is 0 Å². The molecule has 1 heterocycles. The molecule has 1 aromatic heterocycles. The van der Waals surface area contributed by atoms with Crippen molar-refractivity contribution in [3.8, 4) is 5.75 Å². The van der Waals surface area contributed by atoms with Crippen LogP contribution in [0.2, 0.25) is 5.02 Å². The van der Waals surface area contributed by atoms with Crippen LogP contribution in [0, 0.1) is 0 Å². The van der Waals surface area contributed by atoms with Crippen molar-refractivity contribution in [2.75, 3.05) is 6.54 Å². The van der Waals surface area contributed by atoms with Crippen molar-refractivity contribution >= 4 is 11.6 Å². The molecule has 2 rings (SSSR count). The largest absolute Gasteiger partial charge is 0.486 e. The van der Waals surface area contributed by atoms with Gasteiger partial charge >= 0.3 is 0 Å². The molecule has 106 valence electrons. The molecule has 0 radical (unpaired) electrons. The first-order valence-electron chi connectivity index (χ1n) is 6.76. The van der Waals surface area contributed by atoms with Gasteiger partial charge in [0, 0.05) is 12.2 Å². The summed E-state index contributed by atoms with van der Waals surface area (Å²) in [6.07, 6.45) is 1.75. The number of nitrogens with zero attached hydrogens (tertiary/aromatic N) is 1. The summed E-state index contributed by atoms with van der Waals surface area (Å²) in [5, 5.41) is 3.98. The van der Waals surface area contributed by atoms with E-state index in [2.05, 4.69) is 24.1 Å². The first-order valence-corrected chi connectivity index (χ1v) is 7.14. The molecule has 0 aliphatic heterocycles. The molecule has 20 heavy (non-hydrogen) atoms. The molecular weight excluding hydrogens is 272 g/mol. The minimum Gasteiger partial charge on any atom is -0.486 e. The summed E-state index contributed by atoms with van der Waals surface area (Å²) in [7, 11) is 0. The predicted molar refractivity (Wildman–Crippen MR) is 82.1 cm³/mol. The van der Waals surface area contributed by atoms with Gasteiger partial charge in [0.15, 0.2) is 0 Å². The van der Waals surface area contributed by atoms with Crippen molar-refractivity contribution in [1.29, 1.82) is 0 Å². The van der Waals surface area contributed by atoms with E-state index in [1.54, 1.807) is 6.20 Å². The average molecular weight is 291 g/mol. The molecule has 1 N–H and O–H groups in total. The van der Waals surface area contributed by atoms with Crippen LogP contribution in [0.5, 0.6) is 5.75 Å². The second kappa shape index (κ2) is 7.27. The number of halogens is 1. The molecule has 1 atom stereocenters. The molecule has 0 saturated carbocycles. The molecule has 4 heteroatoms. The Labute approximate surface area is 124 Å². The Balaban J connectivity index is 2.02. The molecule has 0 amide bonds. The number of aromatic nitrogens is 1. The van der Waals surface area contributed by atoms with Crippen LogP contribution in [-0.2, 0) is 6.61 Å². The average Bonchev–Trinajstić information content (AvgIpc) is 2.47. The summed E-state index contributed by atoms with van der Waals surface area (Å²) >= 11 is 6.27. The predicted octanol–water partition coefficient (Wildman–Crippen LogP) is 3.98. The number of rotatable bonds is 6. The van der Waals surface area contributed by atoms with Gasteiger partial charge in [-0.1, -0.05) is 30.7 Å². The van der Waals surface area contributed by atoms with E-state index in [0.717, 1.165) is 17.8 Å². The van der Waals surface area contributed by atoms with Gasteiger partial charge in [0.05, 0.1) is 10.7 Å². The molecule has 0 aliphatic carbocycles. The van der Waals surface area contributed by atoms with Gasteiger partial charge in [-0.2, -0.15) is 0 Å². The van der Waals surface area contributed by atoms with Crippen molar-refractivity contribution in [2.45, 2.75) is 26.5 Å². The van der Waals surface area contributed by atoms with E-state index >= 15 is 0 Å². The molecule has 0 bridgehead atoms. The van der Waals surface area contributed by atoms with Crippen molar-refractivity contribution in [1.82, 2.24) is 10.3 Å². The van der Waals surface area contributed by atoms with E-state index in [4.69, 9.17) is 16.3 Å². The third-order valence-electron chi connectivity index (χ3n) is 3.07. The molecule has 1 aromatic carbocycles. The number of pyridine rings is 1. The van der Waals surface area contributed by atoms with Crippen LogP contribution in [0.4, 0.5) is 0 Å². The lowest BCUT2D eigenvalue weighted by Crippen LogP contribution is -2.17. The third kappa shape index (κ3) is 3.95. The van der Waals surface area contributed by atoms with Crippen molar-refractivity contribution in [3.63, 3.8) is 0 Å². The van der Waals surface area contributed by atoms with Gasteiger partial charge in [0.1, 0.15) is 12.4 Å². The highest BCUT2D eigenvalue weighted by atomic mass is 35.5. The van der Waals surface area contributed by atoms with Crippen LogP contribution in [-0.4, -0.2) is 11.5 Å². The maximum Gasteiger partial charge on any atom is 0.138 e. The highest BCUT2D eigenvalue weighted by molar-refractivity contribution is 6.32. The Morgan fingerprint density at radius 2 is 2.15 bits per heavy atom. The van der Waals surface area contributed by atoms with E-state index in [-0.39, 0.29) is 6.04 Å². The zero-order chi connectivity index (χ0) is 14.4. The van der Waals surface area contributed by atoms with Gasteiger partial charge in [-0.15, -0.1) is 0 Å². The quantitative estimate of drug-likeness (QED) is 0.873. The Bertz CT molecular complexity index is 545. The van der Waals surface area contributed by atoms with E-state index in [0.29, 0.717) is 17.4 Å². The summed E-state index contributed by atoms with van der Waals surface area (Å²) in [5.41, 5.74) is 2.04. The lowest BCUT2D eigenvalue weighted by Gasteiger charge is -2.14. The van der Waals surface area contributed by atoms with Crippen LogP contribution in [0.1, 0.15) is 31.1 Å². The van der Waals surface area contributed by atoms with Crippen molar-refractivity contribution in [3.05, 3.63) is 58.9 Å². The molecule has 0 fully saturated rings. The highest BCUT2D eigenvalue weighted by Crippen LogP contribution is 2.28. The zero-order valence-electron chi connectivity index (χ0n) is 11.8. The van der Waals surface area contributed by atoms with Crippen molar-refractivity contribution in [2.24, 2.45) is 0 Å². The SMILES string of the molecule is CCNC(C)c1ccc(OCc2ccccn2)c(Cl)c1. The Morgan fingerprint density at radius 3 is 2.80 bits per heavy atom. The van der Waals surface area contributed by atoms with Gasteiger partial charge < -0.3 is 10.1 Å². The topological polar surface area (TPSA) is 34.1 Å². The molecule has 0 saturated heterocycles. The van der Waals surface area contributed by atoms with E-state index in [1.165, 1.54) is 0 Å². The fourth-order valence-electron chi connectivity index (χ4n) is 1.96. The lowest BCUT2D eigenvalue weighted by molar-refractivity contribution is 0.301. The van der Waals surface area contributed by atoms with Crippen LogP contribution >= 0.6 is 11.6 Å². The number of ether oxygens (including phenoxy) is 1. The summed E-state index contributed by atoms with van der Waals surface area (Å²) in [4.78, 5) is 4.22. The molecule has 1 unspecified atom stereocenters. The molecule has 0 aliphatic rings.